The van der Waals surface area contributed by atoms with Crippen molar-refractivity contribution in [3.8, 4) is 0 Å². The fourth-order valence-electron chi connectivity index (χ4n) is 3.50. The second kappa shape index (κ2) is 7.77. The molecule has 1 atom stereocenters. The van der Waals surface area contributed by atoms with Crippen molar-refractivity contribution in [3.63, 3.8) is 0 Å². The van der Waals surface area contributed by atoms with E-state index in [0.29, 0.717) is 38.5 Å². The molecule has 8 nitrogen and oxygen atoms in total. The van der Waals surface area contributed by atoms with Crippen LogP contribution in [0.3, 0.4) is 0 Å². The molecule has 2 fully saturated rings. The van der Waals surface area contributed by atoms with Crippen LogP contribution < -0.4 is 16.0 Å². The number of carbonyl (C=O) groups excluding carboxylic acids is 2. The van der Waals surface area contributed by atoms with Crippen LogP contribution in [0.2, 0.25) is 0 Å². The van der Waals surface area contributed by atoms with Crippen LogP contribution in [0, 0.1) is 11.3 Å². The highest BCUT2D eigenvalue weighted by atomic mass is 16.5. The van der Waals surface area contributed by atoms with Gasteiger partial charge in [0.1, 0.15) is 0 Å². The van der Waals surface area contributed by atoms with Crippen LogP contribution in [0.4, 0.5) is 5.95 Å². The lowest BCUT2D eigenvalue weighted by Crippen LogP contribution is -2.51. The summed E-state index contributed by atoms with van der Waals surface area (Å²) in [4.78, 5) is 35.1. The lowest BCUT2D eigenvalue weighted by atomic mass is 9.79. The molecule has 2 saturated heterocycles. The van der Waals surface area contributed by atoms with E-state index in [1.807, 2.05) is 4.90 Å². The Morgan fingerprint density at radius 1 is 1.32 bits per heavy atom. The Morgan fingerprint density at radius 2 is 2.04 bits per heavy atom. The zero-order valence-corrected chi connectivity index (χ0v) is 14.3. The van der Waals surface area contributed by atoms with Gasteiger partial charge in [-0.15, -0.1) is 0 Å². The van der Waals surface area contributed by atoms with Crippen LogP contribution >= 0.6 is 0 Å². The number of nitrogens with zero attached hydrogens (tertiary/aromatic N) is 3. The molecule has 2 amide bonds. The van der Waals surface area contributed by atoms with Crippen molar-refractivity contribution in [2.24, 2.45) is 17.1 Å². The van der Waals surface area contributed by atoms with Gasteiger partial charge in [-0.25, -0.2) is 9.97 Å². The topological polar surface area (TPSA) is 110 Å². The van der Waals surface area contributed by atoms with E-state index in [1.165, 1.54) is 0 Å². The van der Waals surface area contributed by atoms with Crippen LogP contribution in [-0.2, 0) is 14.3 Å². The summed E-state index contributed by atoms with van der Waals surface area (Å²) in [6.07, 6.45) is 6.24. The summed E-state index contributed by atoms with van der Waals surface area (Å²) in [5.74, 6) is 0.118. The highest BCUT2D eigenvalue weighted by molar-refractivity contribution is 5.83. The van der Waals surface area contributed by atoms with E-state index < -0.39 is 5.41 Å². The van der Waals surface area contributed by atoms with Gasteiger partial charge < -0.3 is 20.7 Å². The Morgan fingerprint density at radius 3 is 2.72 bits per heavy atom. The number of hydrogen-bond acceptors (Lipinski definition) is 6. The smallest absolute Gasteiger partial charge is 0.225 e. The number of ether oxygens (including phenoxy) is 1. The van der Waals surface area contributed by atoms with Gasteiger partial charge in [0, 0.05) is 45.2 Å². The molecule has 3 N–H and O–H groups in total. The fraction of sp³-hybridized carbons (Fsp3) is 0.647. The molecule has 1 aromatic rings. The van der Waals surface area contributed by atoms with Gasteiger partial charge in [-0.3, -0.25) is 9.59 Å². The first-order chi connectivity index (χ1) is 12.1. The number of carbonyl (C=O) groups is 2. The molecule has 136 valence electrons. The summed E-state index contributed by atoms with van der Waals surface area (Å²) in [5.41, 5.74) is 4.90. The standard InChI is InChI=1S/C17H25N5O3/c18-15(24)17(4-9-25-10-5-17)12-21-14(23)13-3-1-8-22(11-13)16-19-6-2-7-20-16/h2,6-7,13H,1,3-5,8-12H2,(H2,18,24)(H,21,23)/t13-/m1/s1. The predicted molar refractivity (Wildman–Crippen MR) is 91.7 cm³/mol. The van der Waals surface area contributed by atoms with E-state index in [0.717, 1.165) is 19.4 Å². The number of aromatic nitrogens is 2. The number of piperidine rings is 1. The molecule has 1 aromatic heterocycles. The van der Waals surface area contributed by atoms with Crippen molar-refractivity contribution in [1.29, 1.82) is 0 Å². The van der Waals surface area contributed by atoms with Gasteiger partial charge in [0.15, 0.2) is 0 Å². The molecule has 3 heterocycles. The molecular weight excluding hydrogens is 322 g/mol. The first kappa shape index (κ1) is 17.6. The quantitative estimate of drug-likeness (QED) is 0.781. The van der Waals surface area contributed by atoms with Crippen LogP contribution in [0.1, 0.15) is 25.7 Å². The number of rotatable bonds is 5. The van der Waals surface area contributed by atoms with Crippen molar-refractivity contribution in [2.45, 2.75) is 25.7 Å². The molecule has 0 saturated carbocycles. The highest BCUT2D eigenvalue weighted by Crippen LogP contribution is 2.29. The Hall–Kier alpha value is -2.22. The lowest BCUT2D eigenvalue weighted by Gasteiger charge is -2.36. The molecule has 2 aliphatic heterocycles. The minimum absolute atomic E-state index is 0.0345. The van der Waals surface area contributed by atoms with E-state index in [2.05, 4.69) is 15.3 Å². The van der Waals surface area contributed by atoms with E-state index in [4.69, 9.17) is 10.5 Å². The predicted octanol–water partition coefficient (Wildman–Crippen LogP) is 0.0913. The third-order valence-corrected chi connectivity index (χ3v) is 5.20. The summed E-state index contributed by atoms with van der Waals surface area (Å²) >= 11 is 0. The first-order valence-corrected chi connectivity index (χ1v) is 8.78. The van der Waals surface area contributed by atoms with Gasteiger partial charge in [-0.2, -0.15) is 0 Å². The highest BCUT2D eigenvalue weighted by Gasteiger charge is 2.39. The third-order valence-electron chi connectivity index (χ3n) is 5.20. The summed E-state index contributed by atoms with van der Waals surface area (Å²) < 4.78 is 5.32. The molecule has 3 rings (SSSR count). The zero-order chi connectivity index (χ0) is 17.7. The number of nitrogens with two attached hydrogens (primary N) is 1. The molecule has 0 spiro atoms. The molecule has 0 aromatic carbocycles. The van der Waals surface area contributed by atoms with Gasteiger partial charge >= 0.3 is 0 Å². The maximum Gasteiger partial charge on any atom is 0.225 e. The second-order valence-electron chi connectivity index (χ2n) is 6.81. The molecule has 0 radical (unpaired) electrons. The second-order valence-corrected chi connectivity index (χ2v) is 6.81. The molecular formula is C17H25N5O3. The molecule has 0 aliphatic carbocycles. The average molecular weight is 347 g/mol. The van der Waals surface area contributed by atoms with Crippen LogP contribution in [-0.4, -0.2) is 54.6 Å². The Labute approximate surface area is 147 Å². The van der Waals surface area contributed by atoms with Crippen LogP contribution in [0.15, 0.2) is 18.5 Å². The summed E-state index contributed by atoms with van der Waals surface area (Å²) in [6.45, 7) is 2.71. The van der Waals surface area contributed by atoms with Crippen molar-refractivity contribution in [1.82, 2.24) is 15.3 Å². The van der Waals surface area contributed by atoms with Crippen molar-refractivity contribution < 1.29 is 14.3 Å². The largest absolute Gasteiger partial charge is 0.381 e. The van der Waals surface area contributed by atoms with Crippen molar-refractivity contribution >= 4 is 17.8 Å². The normalized spacial score (nSPS) is 23.0. The lowest BCUT2D eigenvalue weighted by molar-refractivity contribution is -0.134. The molecule has 0 bridgehead atoms. The third kappa shape index (κ3) is 4.07. The number of anilines is 1. The van der Waals surface area contributed by atoms with E-state index in [1.54, 1.807) is 18.5 Å². The Balaban J connectivity index is 1.58. The van der Waals surface area contributed by atoms with Gasteiger partial charge in [-0.05, 0) is 31.7 Å². The van der Waals surface area contributed by atoms with Crippen LogP contribution in [0.5, 0.6) is 0 Å². The number of nitrogens with one attached hydrogen (secondary N) is 1. The van der Waals surface area contributed by atoms with E-state index in [-0.39, 0.29) is 24.3 Å². The summed E-state index contributed by atoms with van der Waals surface area (Å²) in [7, 11) is 0. The summed E-state index contributed by atoms with van der Waals surface area (Å²) in [5, 5.41) is 2.95. The van der Waals surface area contributed by atoms with Crippen molar-refractivity contribution in [2.75, 3.05) is 37.7 Å². The zero-order valence-electron chi connectivity index (χ0n) is 14.3. The number of hydrogen-bond donors (Lipinski definition) is 2. The summed E-state index contributed by atoms with van der Waals surface area (Å²) in [6, 6.07) is 1.77. The van der Waals surface area contributed by atoms with Gasteiger partial charge in [0.05, 0.1) is 11.3 Å². The monoisotopic (exact) mass is 347 g/mol. The molecule has 2 aliphatic rings. The first-order valence-electron chi connectivity index (χ1n) is 8.78. The van der Waals surface area contributed by atoms with Gasteiger partial charge in [0.25, 0.3) is 0 Å². The average Bonchev–Trinajstić information content (AvgIpc) is 2.67. The van der Waals surface area contributed by atoms with Gasteiger partial charge in [-0.1, -0.05) is 0 Å². The molecule has 25 heavy (non-hydrogen) atoms. The van der Waals surface area contributed by atoms with Gasteiger partial charge in [0.2, 0.25) is 17.8 Å². The van der Waals surface area contributed by atoms with E-state index in [9.17, 15) is 9.59 Å². The minimum atomic E-state index is -0.690. The van der Waals surface area contributed by atoms with Crippen LogP contribution in [0.25, 0.3) is 0 Å². The molecule has 0 unspecified atom stereocenters. The maximum absolute atomic E-state index is 12.6. The molecule has 8 heteroatoms. The Bertz CT molecular complexity index is 604. The maximum atomic E-state index is 12.6. The van der Waals surface area contributed by atoms with Crippen molar-refractivity contribution in [3.05, 3.63) is 18.5 Å². The van der Waals surface area contributed by atoms with E-state index >= 15 is 0 Å². The fourth-order valence-corrected chi connectivity index (χ4v) is 3.50. The number of amides is 2. The Kier molecular flexibility index (Phi) is 5.47. The number of primary amides is 1. The minimum Gasteiger partial charge on any atom is -0.381 e. The SMILES string of the molecule is NC(=O)C1(CNC(=O)[C@@H]2CCCN(c3ncccn3)C2)CCOCC1.